The van der Waals surface area contributed by atoms with Crippen LogP contribution in [0.1, 0.15) is 25.0 Å². The van der Waals surface area contributed by atoms with Gasteiger partial charge in [-0.3, -0.25) is 9.47 Å². The van der Waals surface area contributed by atoms with Gasteiger partial charge in [0.25, 0.3) is 0 Å². The van der Waals surface area contributed by atoms with Crippen LogP contribution in [0.15, 0.2) is 41.6 Å². The van der Waals surface area contributed by atoms with E-state index in [-0.39, 0.29) is 24.4 Å². The Morgan fingerprint density at radius 3 is 2.59 bits per heavy atom. The summed E-state index contributed by atoms with van der Waals surface area (Å²) < 4.78 is 8.70. The van der Waals surface area contributed by atoms with Crippen molar-refractivity contribution in [2.45, 2.75) is 39.1 Å². The van der Waals surface area contributed by atoms with Crippen molar-refractivity contribution in [1.29, 1.82) is 0 Å². The number of fused-ring (bicyclic) bond motifs is 3. The van der Waals surface area contributed by atoms with Gasteiger partial charge in [0.15, 0.2) is 5.65 Å². The molecule has 5 rings (SSSR count). The molecule has 0 radical (unpaired) electrons. The molecule has 2 atom stereocenters. The zero-order valence-corrected chi connectivity index (χ0v) is 19.2. The van der Waals surface area contributed by atoms with Gasteiger partial charge in [0, 0.05) is 35.9 Å². The molecule has 3 aromatic heterocycles. The number of halogens is 2. The largest absolute Gasteiger partial charge is 0.373 e. The maximum atomic E-state index is 13.2. The van der Waals surface area contributed by atoms with E-state index in [4.69, 9.17) is 27.9 Å². The van der Waals surface area contributed by atoms with Crippen LogP contribution in [0.25, 0.3) is 16.7 Å². The average molecular weight is 473 g/mol. The van der Waals surface area contributed by atoms with Gasteiger partial charge in [0.1, 0.15) is 12.0 Å². The van der Waals surface area contributed by atoms with Crippen LogP contribution in [-0.4, -0.2) is 54.3 Å². The van der Waals surface area contributed by atoms with Crippen molar-refractivity contribution in [2.24, 2.45) is 0 Å². The van der Waals surface area contributed by atoms with Crippen LogP contribution in [0.5, 0.6) is 0 Å². The lowest BCUT2D eigenvalue weighted by Gasteiger charge is -2.35. The lowest BCUT2D eigenvalue weighted by Crippen LogP contribution is -2.44. The fourth-order valence-corrected chi connectivity index (χ4v) is 4.84. The average Bonchev–Trinajstić information content (AvgIpc) is 3.22. The second-order valence-corrected chi connectivity index (χ2v) is 9.11. The molecule has 1 aliphatic rings. The lowest BCUT2D eigenvalue weighted by atomic mass is 10.1. The van der Waals surface area contributed by atoms with Crippen LogP contribution in [-0.2, 0) is 17.8 Å². The molecule has 2 unspecified atom stereocenters. The van der Waals surface area contributed by atoms with E-state index >= 15 is 0 Å². The summed E-state index contributed by atoms with van der Waals surface area (Å²) in [6.45, 7) is 6.87. The fourth-order valence-electron chi connectivity index (χ4n) is 4.37. The van der Waals surface area contributed by atoms with Crippen LogP contribution in [0, 0.1) is 0 Å². The number of rotatable bonds is 4. The Morgan fingerprint density at radius 2 is 1.84 bits per heavy atom. The molecular weight excluding hydrogens is 451 g/mol. The minimum Gasteiger partial charge on any atom is -0.373 e. The molecule has 0 aliphatic carbocycles. The van der Waals surface area contributed by atoms with Crippen molar-refractivity contribution >= 4 is 39.9 Å². The Morgan fingerprint density at radius 1 is 1.06 bits per heavy atom. The number of nitrogens with zero attached hydrogens (tertiary/aromatic N) is 6. The van der Waals surface area contributed by atoms with Gasteiger partial charge in [-0.1, -0.05) is 29.3 Å². The van der Waals surface area contributed by atoms with Gasteiger partial charge in [-0.15, -0.1) is 0 Å². The molecule has 0 spiro atoms. The number of aromatic nitrogens is 5. The van der Waals surface area contributed by atoms with Gasteiger partial charge in [-0.2, -0.15) is 9.61 Å². The predicted molar refractivity (Wildman–Crippen MR) is 123 cm³/mol. The van der Waals surface area contributed by atoms with Gasteiger partial charge >= 0.3 is 5.69 Å². The zero-order chi connectivity index (χ0) is 22.4. The minimum absolute atomic E-state index is 0.185. The van der Waals surface area contributed by atoms with Crippen LogP contribution < -0.4 is 5.69 Å². The molecule has 8 nitrogen and oxygen atoms in total. The van der Waals surface area contributed by atoms with Gasteiger partial charge in [-0.05, 0) is 43.2 Å². The number of hydrogen-bond acceptors (Lipinski definition) is 6. The van der Waals surface area contributed by atoms with Crippen LogP contribution in [0.2, 0.25) is 10.0 Å². The number of ether oxygens (including phenoxy) is 1. The Bertz CT molecular complexity index is 1360. The standard InChI is InChI=1S/C22H22Cl2N6O2/c1-13-8-28(9-14(2)32-13)10-15-5-18-20(25-7-15)29(22(31)30-21(18)26-12-27-30)11-16-3-4-17(23)6-19(16)24/h3-7,12-14H,8-11H2,1-2H3. The predicted octanol–water partition coefficient (Wildman–Crippen LogP) is 3.40. The molecule has 0 saturated carbocycles. The highest BCUT2D eigenvalue weighted by Gasteiger charge is 2.23. The van der Waals surface area contributed by atoms with E-state index in [0.29, 0.717) is 21.3 Å². The molecule has 0 amide bonds. The molecule has 10 heteroatoms. The van der Waals surface area contributed by atoms with Gasteiger partial charge in [0.05, 0.1) is 24.1 Å². The molecule has 4 aromatic rings. The summed E-state index contributed by atoms with van der Waals surface area (Å²) in [6.07, 6.45) is 3.57. The summed E-state index contributed by atoms with van der Waals surface area (Å²) in [5.41, 5.74) is 2.50. The molecule has 1 saturated heterocycles. The maximum absolute atomic E-state index is 13.2. The quantitative estimate of drug-likeness (QED) is 0.452. The number of benzene rings is 1. The Labute approximate surface area is 194 Å². The summed E-state index contributed by atoms with van der Waals surface area (Å²) in [5.74, 6) is 0. The Balaban J connectivity index is 1.58. The molecule has 1 fully saturated rings. The zero-order valence-electron chi connectivity index (χ0n) is 17.7. The number of morpholine rings is 1. The van der Waals surface area contributed by atoms with Crippen LogP contribution in [0.3, 0.4) is 0 Å². The molecule has 166 valence electrons. The van der Waals surface area contributed by atoms with Crippen molar-refractivity contribution in [2.75, 3.05) is 13.1 Å². The Hall–Kier alpha value is -2.52. The number of pyridine rings is 1. The van der Waals surface area contributed by atoms with Crippen molar-refractivity contribution in [3.63, 3.8) is 0 Å². The van der Waals surface area contributed by atoms with Crippen LogP contribution in [0.4, 0.5) is 0 Å². The van der Waals surface area contributed by atoms with E-state index in [0.717, 1.165) is 36.1 Å². The van der Waals surface area contributed by atoms with E-state index in [9.17, 15) is 4.79 Å². The molecule has 0 bridgehead atoms. The summed E-state index contributed by atoms with van der Waals surface area (Å²) in [4.78, 5) is 24.5. The highest BCUT2D eigenvalue weighted by molar-refractivity contribution is 6.35. The third-order valence-corrected chi connectivity index (χ3v) is 6.21. The molecular formula is C22H22Cl2N6O2. The van der Waals surface area contributed by atoms with Crippen LogP contribution >= 0.6 is 23.2 Å². The third kappa shape index (κ3) is 3.99. The topological polar surface area (TPSA) is 77.6 Å². The summed E-state index contributed by atoms with van der Waals surface area (Å²) in [7, 11) is 0. The first-order chi connectivity index (χ1) is 15.4. The molecule has 32 heavy (non-hydrogen) atoms. The molecule has 0 N–H and O–H groups in total. The SMILES string of the molecule is CC1CN(Cc2cnc3c(c2)c2ncnn2c(=O)n3Cc2ccc(Cl)cc2Cl)CC(C)O1. The molecule has 1 aromatic carbocycles. The van der Waals surface area contributed by atoms with Gasteiger partial charge < -0.3 is 4.74 Å². The highest BCUT2D eigenvalue weighted by atomic mass is 35.5. The van der Waals surface area contributed by atoms with Crippen molar-refractivity contribution in [3.05, 3.63) is 68.4 Å². The summed E-state index contributed by atoms with van der Waals surface area (Å²) in [6, 6.07) is 7.26. The summed E-state index contributed by atoms with van der Waals surface area (Å²) in [5, 5.41) is 5.93. The fraction of sp³-hybridized carbons (Fsp3) is 0.364. The van der Waals surface area contributed by atoms with E-state index in [1.54, 1.807) is 16.7 Å². The smallest absolute Gasteiger partial charge is 0.352 e. The second-order valence-electron chi connectivity index (χ2n) is 8.27. The van der Waals surface area contributed by atoms with Gasteiger partial charge in [0.2, 0.25) is 0 Å². The molecule has 4 heterocycles. The monoisotopic (exact) mass is 472 g/mol. The summed E-state index contributed by atoms with van der Waals surface area (Å²) >= 11 is 12.4. The second kappa shape index (κ2) is 8.44. The number of hydrogen-bond donors (Lipinski definition) is 0. The third-order valence-electron chi connectivity index (χ3n) is 5.62. The minimum atomic E-state index is -0.327. The normalized spacial score (nSPS) is 19.8. The first-order valence-electron chi connectivity index (χ1n) is 10.4. The lowest BCUT2D eigenvalue weighted by molar-refractivity contribution is -0.0705. The highest BCUT2D eigenvalue weighted by Crippen LogP contribution is 2.24. The maximum Gasteiger partial charge on any atom is 0.352 e. The molecule has 1 aliphatic heterocycles. The van der Waals surface area contributed by atoms with Crippen molar-refractivity contribution < 1.29 is 4.74 Å². The van der Waals surface area contributed by atoms with E-state index in [1.807, 2.05) is 18.3 Å². The van der Waals surface area contributed by atoms with Gasteiger partial charge in [-0.25, -0.2) is 14.8 Å². The Kier molecular flexibility index (Phi) is 5.63. The first-order valence-corrected chi connectivity index (χ1v) is 11.2. The van der Waals surface area contributed by atoms with Crippen molar-refractivity contribution in [1.82, 2.24) is 29.0 Å². The van der Waals surface area contributed by atoms with E-state index in [2.05, 4.69) is 33.8 Å². The van der Waals surface area contributed by atoms with E-state index < -0.39 is 0 Å². The van der Waals surface area contributed by atoms with Crippen molar-refractivity contribution in [3.8, 4) is 0 Å². The first kappa shape index (κ1) is 21.3. The van der Waals surface area contributed by atoms with E-state index in [1.165, 1.54) is 10.8 Å².